The van der Waals surface area contributed by atoms with Crippen molar-refractivity contribution in [1.82, 2.24) is 10.2 Å². The largest absolute Gasteiger partial charge is 0.395 e. The highest BCUT2D eigenvalue weighted by Gasteiger charge is 2.20. The van der Waals surface area contributed by atoms with Crippen LogP contribution in [0.3, 0.4) is 0 Å². The fraction of sp³-hybridized carbons (Fsp3) is 1.00. The molecule has 3 nitrogen and oxygen atoms in total. The lowest BCUT2D eigenvalue weighted by Gasteiger charge is -2.35. The van der Waals surface area contributed by atoms with Gasteiger partial charge in [-0.15, -0.1) is 0 Å². The van der Waals surface area contributed by atoms with Crippen molar-refractivity contribution in [3.05, 3.63) is 0 Å². The van der Waals surface area contributed by atoms with Gasteiger partial charge >= 0.3 is 0 Å². The van der Waals surface area contributed by atoms with Crippen molar-refractivity contribution in [2.75, 3.05) is 26.2 Å². The molecule has 1 saturated heterocycles. The first-order valence-electron chi connectivity index (χ1n) is 4.82. The molecule has 2 N–H and O–H groups in total. The lowest BCUT2D eigenvalue weighted by molar-refractivity contribution is 0.137. The van der Waals surface area contributed by atoms with Gasteiger partial charge in [-0.05, 0) is 26.8 Å². The molecule has 0 spiro atoms. The summed E-state index contributed by atoms with van der Waals surface area (Å²) in [6.45, 7) is 7.66. The maximum Gasteiger partial charge on any atom is 0.0558 e. The quantitative estimate of drug-likeness (QED) is 0.615. The minimum absolute atomic E-state index is 0.269. The average Bonchev–Trinajstić information content (AvgIpc) is 1.93. The van der Waals surface area contributed by atoms with Crippen LogP contribution in [0.1, 0.15) is 20.3 Å². The van der Waals surface area contributed by atoms with Crippen LogP contribution in [0.15, 0.2) is 0 Å². The normalized spacial score (nSPS) is 23.2. The van der Waals surface area contributed by atoms with E-state index in [0.717, 1.165) is 19.6 Å². The van der Waals surface area contributed by atoms with E-state index in [0.29, 0.717) is 12.1 Å². The van der Waals surface area contributed by atoms with E-state index in [2.05, 4.69) is 24.1 Å². The molecule has 0 aliphatic carbocycles. The first-order valence-corrected chi connectivity index (χ1v) is 4.82. The highest BCUT2D eigenvalue weighted by Crippen LogP contribution is 2.06. The molecule has 0 bridgehead atoms. The van der Waals surface area contributed by atoms with E-state index in [1.807, 2.05) is 0 Å². The second-order valence-corrected chi connectivity index (χ2v) is 3.75. The van der Waals surface area contributed by atoms with Gasteiger partial charge in [0.25, 0.3) is 0 Å². The number of hydrogen-bond acceptors (Lipinski definition) is 3. The molecule has 0 aromatic rings. The molecule has 1 heterocycles. The Labute approximate surface area is 74.8 Å². The Kier molecular flexibility index (Phi) is 3.98. The van der Waals surface area contributed by atoms with Gasteiger partial charge in [-0.2, -0.15) is 0 Å². The minimum atomic E-state index is 0.269. The Morgan fingerprint density at radius 1 is 1.58 bits per heavy atom. The third kappa shape index (κ3) is 2.73. The summed E-state index contributed by atoms with van der Waals surface area (Å²) >= 11 is 0. The Morgan fingerprint density at radius 3 is 2.58 bits per heavy atom. The van der Waals surface area contributed by atoms with Gasteiger partial charge < -0.3 is 10.4 Å². The number of hydrogen-bond donors (Lipinski definition) is 2. The third-order valence-electron chi connectivity index (χ3n) is 2.50. The maximum atomic E-state index is 8.83. The molecular weight excluding hydrogens is 152 g/mol. The number of nitrogens with zero attached hydrogens (tertiary/aromatic N) is 1. The molecular formula is C9H20N2O. The number of aliphatic hydroxyl groups is 1. The van der Waals surface area contributed by atoms with E-state index >= 15 is 0 Å². The number of aliphatic hydroxyl groups excluding tert-OH is 1. The van der Waals surface area contributed by atoms with Crippen LogP contribution < -0.4 is 5.32 Å². The van der Waals surface area contributed by atoms with Gasteiger partial charge in [0.05, 0.1) is 6.61 Å². The van der Waals surface area contributed by atoms with Crippen LogP contribution in [0, 0.1) is 0 Å². The predicted octanol–water partition coefficient (Wildman–Crippen LogP) is 0.0510. The highest BCUT2D eigenvalue weighted by atomic mass is 16.3. The molecule has 0 aromatic carbocycles. The molecule has 1 aliphatic heterocycles. The Bertz CT molecular complexity index is 124. The minimum Gasteiger partial charge on any atom is -0.395 e. The summed E-state index contributed by atoms with van der Waals surface area (Å²) in [5.41, 5.74) is 0. The molecule has 3 heteroatoms. The molecule has 0 radical (unpaired) electrons. The average molecular weight is 172 g/mol. The van der Waals surface area contributed by atoms with Crippen molar-refractivity contribution in [3.63, 3.8) is 0 Å². The predicted molar refractivity (Wildman–Crippen MR) is 50.2 cm³/mol. The lowest BCUT2D eigenvalue weighted by Crippen LogP contribution is -2.52. The SMILES string of the molecule is CC(C)N(CCO)CC1CCN1. The number of rotatable bonds is 5. The summed E-state index contributed by atoms with van der Waals surface area (Å²) in [6, 6.07) is 1.21. The Balaban J connectivity index is 2.21. The zero-order chi connectivity index (χ0) is 8.97. The van der Waals surface area contributed by atoms with Crippen molar-refractivity contribution in [2.45, 2.75) is 32.4 Å². The zero-order valence-corrected chi connectivity index (χ0v) is 8.08. The first kappa shape index (κ1) is 9.96. The fourth-order valence-electron chi connectivity index (χ4n) is 1.48. The monoisotopic (exact) mass is 172 g/mol. The Hall–Kier alpha value is -0.120. The van der Waals surface area contributed by atoms with Crippen LogP contribution in [0.4, 0.5) is 0 Å². The van der Waals surface area contributed by atoms with Gasteiger partial charge in [-0.1, -0.05) is 0 Å². The van der Waals surface area contributed by atoms with E-state index < -0.39 is 0 Å². The summed E-state index contributed by atoms with van der Waals surface area (Å²) < 4.78 is 0. The van der Waals surface area contributed by atoms with Gasteiger partial charge in [0, 0.05) is 25.2 Å². The third-order valence-corrected chi connectivity index (χ3v) is 2.50. The molecule has 1 rings (SSSR count). The first-order chi connectivity index (χ1) is 5.74. The molecule has 0 aromatic heterocycles. The van der Waals surface area contributed by atoms with Gasteiger partial charge in [0.15, 0.2) is 0 Å². The summed E-state index contributed by atoms with van der Waals surface area (Å²) in [5.74, 6) is 0. The molecule has 12 heavy (non-hydrogen) atoms. The molecule has 1 unspecified atom stereocenters. The summed E-state index contributed by atoms with van der Waals surface area (Å²) in [7, 11) is 0. The van der Waals surface area contributed by atoms with Crippen LogP contribution in [0.25, 0.3) is 0 Å². The van der Waals surface area contributed by atoms with E-state index in [9.17, 15) is 0 Å². The van der Waals surface area contributed by atoms with Gasteiger partial charge in [-0.25, -0.2) is 0 Å². The molecule has 1 aliphatic rings. The second kappa shape index (κ2) is 4.80. The van der Waals surface area contributed by atoms with Crippen molar-refractivity contribution in [2.24, 2.45) is 0 Å². The zero-order valence-electron chi connectivity index (χ0n) is 8.08. The van der Waals surface area contributed by atoms with E-state index in [1.54, 1.807) is 0 Å². The highest BCUT2D eigenvalue weighted by molar-refractivity contribution is 4.81. The number of nitrogens with one attached hydrogen (secondary N) is 1. The van der Waals surface area contributed by atoms with Gasteiger partial charge in [-0.3, -0.25) is 4.90 Å². The molecule has 1 fully saturated rings. The topological polar surface area (TPSA) is 35.5 Å². The maximum absolute atomic E-state index is 8.83. The van der Waals surface area contributed by atoms with Gasteiger partial charge in [0.2, 0.25) is 0 Å². The van der Waals surface area contributed by atoms with Crippen molar-refractivity contribution < 1.29 is 5.11 Å². The smallest absolute Gasteiger partial charge is 0.0558 e. The Morgan fingerprint density at radius 2 is 2.25 bits per heavy atom. The van der Waals surface area contributed by atoms with Crippen molar-refractivity contribution >= 4 is 0 Å². The van der Waals surface area contributed by atoms with Crippen LogP contribution in [0.2, 0.25) is 0 Å². The van der Waals surface area contributed by atoms with Crippen LogP contribution in [-0.2, 0) is 0 Å². The van der Waals surface area contributed by atoms with E-state index in [-0.39, 0.29) is 6.61 Å². The lowest BCUT2D eigenvalue weighted by atomic mass is 10.1. The summed E-state index contributed by atoms with van der Waals surface area (Å²) in [4.78, 5) is 2.32. The van der Waals surface area contributed by atoms with E-state index in [4.69, 9.17) is 5.11 Å². The fourth-order valence-corrected chi connectivity index (χ4v) is 1.48. The van der Waals surface area contributed by atoms with Crippen molar-refractivity contribution in [3.8, 4) is 0 Å². The molecule has 72 valence electrons. The summed E-state index contributed by atoms with van der Waals surface area (Å²) in [6.07, 6.45) is 1.29. The van der Waals surface area contributed by atoms with Crippen LogP contribution in [-0.4, -0.2) is 48.3 Å². The van der Waals surface area contributed by atoms with Crippen LogP contribution >= 0.6 is 0 Å². The summed E-state index contributed by atoms with van der Waals surface area (Å²) in [5, 5.41) is 12.2. The molecule has 0 amide bonds. The second-order valence-electron chi connectivity index (χ2n) is 3.75. The molecule has 0 saturated carbocycles. The molecule has 1 atom stereocenters. The van der Waals surface area contributed by atoms with Crippen LogP contribution in [0.5, 0.6) is 0 Å². The van der Waals surface area contributed by atoms with Crippen molar-refractivity contribution in [1.29, 1.82) is 0 Å². The van der Waals surface area contributed by atoms with Gasteiger partial charge in [0.1, 0.15) is 0 Å². The standard InChI is InChI=1S/C9H20N2O/c1-8(2)11(5-6-12)7-9-3-4-10-9/h8-10,12H,3-7H2,1-2H3. The van der Waals surface area contributed by atoms with E-state index in [1.165, 1.54) is 6.42 Å².